The molecule has 3 aliphatic heterocycles. The lowest BCUT2D eigenvalue weighted by atomic mass is 9.77. The molecule has 1 aromatic carbocycles. The van der Waals surface area contributed by atoms with Gasteiger partial charge in [0.25, 0.3) is 0 Å². The summed E-state index contributed by atoms with van der Waals surface area (Å²) in [6, 6.07) is 10.1. The Labute approximate surface area is 170 Å². The Kier molecular flexibility index (Phi) is 4.45. The number of piperidine rings is 1. The van der Waals surface area contributed by atoms with Crippen molar-refractivity contribution in [3.63, 3.8) is 0 Å². The predicted molar refractivity (Wildman–Crippen MR) is 110 cm³/mol. The number of methoxy groups -OCH3 is 1. The summed E-state index contributed by atoms with van der Waals surface area (Å²) < 4.78 is 5.21. The smallest absolute Gasteiger partial charge is 0.229 e. The van der Waals surface area contributed by atoms with Crippen molar-refractivity contribution in [2.24, 2.45) is 10.4 Å². The monoisotopic (exact) mass is 391 g/mol. The number of carbonyl (C=O) groups excluding carboxylic acids is 1. The van der Waals surface area contributed by atoms with Crippen LogP contribution in [-0.2, 0) is 11.3 Å². The van der Waals surface area contributed by atoms with Gasteiger partial charge in [0.2, 0.25) is 17.7 Å². The maximum atomic E-state index is 13.3. The first kappa shape index (κ1) is 18.1. The summed E-state index contributed by atoms with van der Waals surface area (Å²) in [6.07, 6.45) is 4.32. The third-order valence-corrected chi connectivity index (χ3v) is 6.54. The van der Waals surface area contributed by atoms with Gasteiger partial charge in [0.15, 0.2) is 0 Å². The van der Waals surface area contributed by atoms with E-state index in [1.807, 2.05) is 17.0 Å². The Bertz CT molecular complexity index is 965. The second kappa shape index (κ2) is 7.13. The van der Waals surface area contributed by atoms with Crippen LogP contribution in [0.4, 0.5) is 5.95 Å². The van der Waals surface area contributed by atoms with Crippen LogP contribution in [0.1, 0.15) is 30.4 Å². The maximum Gasteiger partial charge on any atom is 0.229 e. The SMILES string of the molecule is COc1ccnc(N2CCC3(CCN(CC4=NCc5ccccc54)C3=O)CC2)n1. The number of nitrogens with zero attached hydrogens (tertiary/aromatic N) is 5. The van der Waals surface area contributed by atoms with Gasteiger partial charge in [-0.1, -0.05) is 24.3 Å². The average molecular weight is 391 g/mol. The van der Waals surface area contributed by atoms with Gasteiger partial charge in [-0.05, 0) is 24.8 Å². The molecular weight excluding hydrogens is 366 g/mol. The lowest BCUT2D eigenvalue weighted by Gasteiger charge is -2.38. The van der Waals surface area contributed by atoms with Crippen LogP contribution in [0.5, 0.6) is 5.88 Å². The van der Waals surface area contributed by atoms with Crippen molar-refractivity contribution in [3.05, 3.63) is 47.7 Å². The molecule has 1 aromatic heterocycles. The molecule has 0 aliphatic carbocycles. The van der Waals surface area contributed by atoms with Crippen molar-refractivity contribution in [3.8, 4) is 5.88 Å². The standard InChI is InChI=1S/C22H25N5O2/c1-29-19-6-10-23-21(25-19)26-11-7-22(8-12-26)9-13-27(20(22)28)15-18-17-5-3-2-4-16(17)14-24-18/h2-6,10H,7-9,11-15H2,1H3. The zero-order chi connectivity index (χ0) is 19.8. The first-order valence-corrected chi connectivity index (χ1v) is 10.2. The van der Waals surface area contributed by atoms with Crippen LogP contribution < -0.4 is 9.64 Å². The maximum absolute atomic E-state index is 13.3. The van der Waals surface area contributed by atoms with Gasteiger partial charge in [-0.25, -0.2) is 4.98 Å². The number of likely N-dealkylation sites (tertiary alicyclic amines) is 1. The number of rotatable bonds is 4. The summed E-state index contributed by atoms with van der Waals surface area (Å²) in [6.45, 7) is 3.75. The molecule has 1 amide bonds. The van der Waals surface area contributed by atoms with Gasteiger partial charge in [0.1, 0.15) is 0 Å². The van der Waals surface area contributed by atoms with Crippen molar-refractivity contribution in [1.29, 1.82) is 0 Å². The summed E-state index contributed by atoms with van der Waals surface area (Å²) in [7, 11) is 1.61. The molecule has 0 atom stereocenters. The Balaban J connectivity index is 1.25. The first-order valence-electron chi connectivity index (χ1n) is 10.2. The van der Waals surface area contributed by atoms with Gasteiger partial charge in [-0.3, -0.25) is 9.79 Å². The van der Waals surface area contributed by atoms with Gasteiger partial charge in [0, 0.05) is 37.5 Å². The molecular formula is C22H25N5O2. The van der Waals surface area contributed by atoms with Crippen LogP contribution in [0.3, 0.4) is 0 Å². The van der Waals surface area contributed by atoms with Crippen LogP contribution in [0.2, 0.25) is 0 Å². The van der Waals surface area contributed by atoms with Gasteiger partial charge in [0.05, 0.1) is 31.3 Å². The van der Waals surface area contributed by atoms with E-state index in [0.717, 1.165) is 51.2 Å². The van der Waals surface area contributed by atoms with Crippen molar-refractivity contribution in [2.75, 3.05) is 38.2 Å². The van der Waals surface area contributed by atoms with Crippen molar-refractivity contribution >= 4 is 17.6 Å². The molecule has 29 heavy (non-hydrogen) atoms. The second-order valence-corrected chi connectivity index (χ2v) is 8.06. The second-order valence-electron chi connectivity index (χ2n) is 8.06. The van der Waals surface area contributed by atoms with Crippen molar-refractivity contribution in [2.45, 2.75) is 25.8 Å². The summed E-state index contributed by atoms with van der Waals surface area (Å²) in [5.74, 6) is 1.53. The lowest BCUT2D eigenvalue weighted by Crippen LogP contribution is -2.45. The van der Waals surface area contributed by atoms with E-state index in [1.165, 1.54) is 11.1 Å². The Morgan fingerprint density at radius 2 is 1.90 bits per heavy atom. The van der Waals surface area contributed by atoms with Gasteiger partial charge in [-0.2, -0.15) is 4.98 Å². The molecule has 5 rings (SSSR count). The summed E-state index contributed by atoms with van der Waals surface area (Å²) >= 11 is 0. The minimum absolute atomic E-state index is 0.242. The molecule has 4 heterocycles. The van der Waals surface area contributed by atoms with Crippen LogP contribution in [0.25, 0.3) is 0 Å². The van der Waals surface area contributed by atoms with E-state index in [2.05, 4.69) is 32.0 Å². The number of hydrogen-bond donors (Lipinski definition) is 0. The number of amides is 1. The molecule has 0 bridgehead atoms. The number of aliphatic imine (C=N–C) groups is 1. The molecule has 1 spiro atoms. The quantitative estimate of drug-likeness (QED) is 0.800. The van der Waals surface area contributed by atoms with E-state index in [0.29, 0.717) is 18.4 Å². The van der Waals surface area contributed by atoms with Gasteiger partial charge >= 0.3 is 0 Å². The van der Waals surface area contributed by atoms with E-state index in [-0.39, 0.29) is 11.3 Å². The van der Waals surface area contributed by atoms with E-state index in [9.17, 15) is 4.79 Å². The minimum Gasteiger partial charge on any atom is -0.481 e. The lowest BCUT2D eigenvalue weighted by molar-refractivity contribution is -0.136. The van der Waals surface area contributed by atoms with E-state index < -0.39 is 0 Å². The zero-order valence-electron chi connectivity index (χ0n) is 16.7. The normalized spacial score (nSPS) is 20.2. The topological polar surface area (TPSA) is 70.9 Å². The number of benzene rings is 1. The highest BCUT2D eigenvalue weighted by Crippen LogP contribution is 2.42. The molecule has 0 radical (unpaired) electrons. The van der Waals surface area contributed by atoms with Gasteiger partial charge in [-0.15, -0.1) is 0 Å². The van der Waals surface area contributed by atoms with Crippen LogP contribution in [-0.4, -0.2) is 59.8 Å². The van der Waals surface area contributed by atoms with Crippen molar-refractivity contribution < 1.29 is 9.53 Å². The summed E-state index contributed by atoms with van der Waals surface area (Å²) in [5.41, 5.74) is 3.27. The zero-order valence-corrected chi connectivity index (χ0v) is 16.7. The molecule has 2 aromatic rings. The number of aromatic nitrogens is 2. The third-order valence-electron chi connectivity index (χ3n) is 6.54. The Morgan fingerprint density at radius 1 is 1.10 bits per heavy atom. The van der Waals surface area contributed by atoms with Crippen LogP contribution >= 0.6 is 0 Å². The molecule has 3 aliphatic rings. The summed E-state index contributed by atoms with van der Waals surface area (Å²) in [5, 5.41) is 0. The highest BCUT2D eigenvalue weighted by Gasteiger charge is 2.48. The molecule has 0 unspecified atom stereocenters. The van der Waals surface area contributed by atoms with Crippen molar-refractivity contribution in [1.82, 2.24) is 14.9 Å². The third kappa shape index (κ3) is 3.14. The number of hydrogen-bond acceptors (Lipinski definition) is 6. The van der Waals surface area contributed by atoms with E-state index >= 15 is 0 Å². The molecule has 0 saturated carbocycles. The summed E-state index contributed by atoms with van der Waals surface area (Å²) in [4.78, 5) is 31.0. The molecule has 7 heteroatoms. The highest BCUT2D eigenvalue weighted by molar-refractivity contribution is 6.06. The fourth-order valence-corrected chi connectivity index (χ4v) is 4.76. The number of ether oxygens (including phenoxy) is 1. The number of fused-ring (bicyclic) bond motifs is 1. The van der Waals surface area contributed by atoms with Gasteiger partial charge < -0.3 is 14.5 Å². The number of carbonyl (C=O) groups is 1. The molecule has 7 nitrogen and oxygen atoms in total. The fraction of sp³-hybridized carbons (Fsp3) is 0.455. The molecule has 150 valence electrons. The largest absolute Gasteiger partial charge is 0.481 e. The van der Waals surface area contributed by atoms with E-state index in [4.69, 9.17) is 4.74 Å². The average Bonchev–Trinajstić information content (AvgIpc) is 3.31. The number of anilines is 1. The Morgan fingerprint density at radius 3 is 2.72 bits per heavy atom. The van der Waals surface area contributed by atoms with Crippen LogP contribution in [0, 0.1) is 5.41 Å². The molecule has 2 fully saturated rings. The predicted octanol–water partition coefficient (Wildman–Crippen LogP) is 2.31. The first-order chi connectivity index (χ1) is 14.2. The Hall–Kier alpha value is -2.96. The molecule has 2 saturated heterocycles. The fourth-order valence-electron chi connectivity index (χ4n) is 4.76. The van der Waals surface area contributed by atoms with Crippen LogP contribution in [0.15, 0.2) is 41.5 Å². The minimum atomic E-state index is -0.242. The van der Waals surface area contributed by atoms with E-state index in [1.54, 1.807) is 19.4 Å². The highest BCUT2D eigenvalue weighted by atomic mass is 16.5. The molecule has 0 N–H and O–H groups in total.